The van der Waals surface area contributed by atoms with E-state index in [4.69, 9.17) is 18.7 Å². The van der Waals surface area contributed by atoms with Crippen molar-refractivity contribution in [3.05, 3.63) is 83.6 Å². The Morgan fingerprint density at radius 2 is 1.83 bits per heavy atom. The number of aliphatic hydroxyl groups excluding tert-OH is 1. The fourth-order valence-corrected chi connectivity index (χ4v) is 3.89. The average molecular weight is 476 g/mol. The lowest BCUT2D eigenvalue weighted by Gasteiger charge is -2.23. The van der Waals surface area contributed by atoms with Gasteiger partial charge >= 0.3 is 5.91 Å². The number of aromatic nitrogens is 1. The van der Waals surface area contributed by atoms with Gasteiger partial charge in [0.2, 0.25) is 0 Å². The van der Waals surface area contributed by atoms with Gasteiger partial charge in [0.1, 0.15) is 23.9 Å². The zero-order chi connectivity index (χ0) is 25.1. The third-order valence-electron chi connectivity index (χ3n) is 5.53. The lowest BCUT2D eigenvalue weighted by Crippen LogP contribution is -2.29. The predicted octanol–water partition coefficient (Wildman–Crippen LogP) is 4.19. The molecule has 9 heteroatoms. The number of methoxy groups -OCH3 is 2. The summed E-state index contributed by atoms with van der Waals surface area (Å²) in [6.45, 7) is 5.61. The number of carbonyl (C=O) groups excluding carboxylic acids is 2. The van der Waals surface area contributed by atoms with Gasteiger partial charge in [0.25, 0.3) is 5.78 Å². The van der Waals surface area contributed by atoms with Crippen molar-refractivity contribution in [3.63, 3.8) is 0 Å². The van der Waals surface area contributed by atoms with E-state index in [0.29, 0.717) is 40.7 Å². The number of hydrogen-bond donors (Lipinski definition) is 1. The molecule has 1 fully saturated rings. The van der Waals surface area contributed by atoms with Gasteiger partial charge < -0.3 is 23.8 Å². The van der Waals surface area contributed by atoms with Gasteiger partial charge in [-0.25, -0.2) is 0 Å². The molecule has 1 saturated heterocycles. The van der Waals surface area contributed by atoms with E-state index in [1.165, 1.54) is 19.1 Å². The quantitative estimate of drug-likeness (QED) is 0.223. The van der Waals surface area contributed by atoms with Gasteiger partial charge in [-0.2, -0.15) is 0 Å². The van der Waals surface area contributed by atoms with Gasteiger partial charge in [-0.15, -0.1) is 0 Å². The first-order valence-corrected chi connectivity index (χ1v) is 10.7. The third kappa shape index (κ3) is 4.35. The number of ether oxygens (including phenoxy) is 3. The van der Waals surface area contributed by atoms with Crippen molar-refractivity contribution in [2.24, 2.45) is 0 Å². The summed E-state index contributed by atoms with van der Waals surface area (Å²) in [6, 6.07) is 12.1. The topological polar surface area (TPSA) is 111 Å². The minimum absolute atomic E-state index is 0.0948. The first kappa shape index (κ1) is 23.6. The normalized spacial score (nSPS) is 16.9. The number of aryl methyl sites for hydroxylation is 1. The zero-order valence-corrected chi connectivity index (χ0v) is 19.5. The number of benzene rings is 2. The summed E-state index contributed by atoms with van der Waals surface area (Å²) in [7, 11) is 2.99. The number of amides is 1. The molecule has 0 spiro atoms. The molecule has 2 heterocycles. The Kier molecular flexibility index (Phi) is 6.59. The lowest BCUT2D eigenvalue weighted by atomic mass is 9.95. The van der Waals surface area contributed by atoms with Crippen molar-refractivity contribution < 1.29 is 33.4 Å². The smallest absolute Gasteiger partial charge is 0.301 e. The van der Waals surface area contributed by atoms with Crippen LogP contribution in [0.4, 0.5) is 5.82 Å². The molecule has 0 saturated carbocycles. The maximum atomic E-state index is 13.2. The molecule has 3 aromatic rings. The van der Waals surface area contributed by atoms with Crippen LogP contribution in [0, 0.1) is 6.92 Å². The summed E-state index contributed by atoms with van der Waals surface area (Å²) in [5.41, 5.74) is 0.758. The van der Waals surface area contributed by atoms with Gasteiger partial charge in [-0.3, -0.25) is 14.5 Å². The van der Waals surface area contributed by atoms with E-state index in [9.17, 15) is 14.7 Å². The fraction of sp³-hybridized carbons (Fsp3) is 0.192. The molecular weight excluding hydrogens is 452 g/mol. The van der Waals surface area contributed by atoms with Crippen molar-refractivity contribution in [2.45, 2.75) is 13.0 Å². The monoisotopic (exact) mass is 476 g/mol. The Hall–Kier alpha value is -4.53. The van der Waals surface area contributed by atoms with E-state index in [-0.39, 0.29) is 17.2 Å². The van der Waals surface area contributed by atoms with Crippen LogP contribution in [0.1, 0.15) is 22.9 Å². The Bertz CT molecular complexity index is 1310. The molecule has 1 aliphatic heterocycles. The molecule has 1 aliphatic rings. The first-order chi connectivity index (χ1) is 16.9. The minimum atomic E-state index is -0.990. The fourth-order valence-electron chi connectivity index (χ4n) is 3.89. The Morgan fingerprint density at radius 3 is 2.43 bits per heavy atom. The maximum absolute atomic E-state index is 13.2. The number of hydrogen-bond acceptors (Lipinski definition) is 8. The number of ketones is 1. The molecule has 0 unspecified atom stereocenters. The molecule has 9 nitrogen and oxygen atoms in total. The highest BCUT2D eigenvalue weighted by Crippen LogP contribution is 2.44. The van der Waals surface area contributed by atoms with Crippen LogP contribution in [0.2, 0.25) is 0 Å². The van der Waals surface area contributed by atoms with E-state index in [1.807, 2.05) is 0 Å². The van der Waals surface area contributed by atoms with Crippen LogP contribution >= 0.6 is 0 Å². The molecular formula is C26H24N2O7. The van der Waals surface area contributed by atoms with Crippen LogP contribution in [-0.2, 0) is 9.59 Å². The highest BCUT2D eigenvalue weighted by molar-refractivity contribution is 6.51. The van der Waals surface area contributed by atoms with Gasteiger partial charge in [-0.1, -0.05) is 23.9 Å². The van der Waals surface area contributed by atoms with E-state index in [2.05, 4.69) is 11.7 Å². The lowest BCUT2D eigenvalue weighted by molar-refractivity contribution is -0.132. The molecule has 1 amide bonds. The summed E-state index contributed by atoms with van der Waals surface area (Å²) in [5.74, 6) is 0.0222. The summed E-state index contributed by atoms with van der Waals surface area (Å²) in [5, 5.41) is 15.2. The highest BCUT2D eigenvalue weighted by atomic mass is 16.5. The Balaban J connectivity index is 1.88. The third-order valence-corrected chi connectivity index (χ3v) is 5.53. The largest absolute Gasteiger partial charge is 0.507 e. The van der Waals surface area contributed by atoms with Gasteiger partial charge in [0.05, 0.1) is 25.8 Å². The van der Waals surface area contributed by atoms with Gasteiger partial charge in [0.15, 0.2) is 17.3 Å². The standard InChI is InChI=1S/C26H24N2O7/c1-5-12-34-18-9-6-16(7-10-18)24(29)22-23(17-8-11-19(32-3)20(14-17)33-4)28(26(31)25(22)30)21-13-15(2)35-27-21/h5-11,13-14,23,29H,1,12H2,2-4H3/t23-/m1/s1. The second-order valence-electron chi connectivity index (χ2n) is 7.70. The molecule has 2 aromatic carbocycles. The molecule has 0 radical (unpaired) electrons. The summed E-state index contributed by atoms with van der Waals surface area (Å²) in [6.07, 6.45) is 1.62. The van der Waals surface area contributed by atoms with E-state index < -0.39 is 17.7 Å². The molecule has 4 rings (SSSR count). The van der Waals surface area contributed by atoms with Crippen LogP contribution < -0.4 is 19.1 Å². The zero-order valence-electron chi connectivity index (χ0n) is 19.5. The molecule has 0 aliphatic carbocycles. The number of Topliss-reactive ketones (excluding diaryl/α,β-unsaturated/α-hetero) is 1. The number of anilines is 1. The average Bonchev–Trinajstić information content (AvgIpc) is 3.42. The van der Waals surface area contributed by atoms with E-state index >= 15 is 0 Å². The molecule has 1 atom stereocenters. The number of nitrogens with zero attached hydrogens (tertiary/aromatic N) is 2. The molecule has 1 N–H and O–H groups in total. The number of rotatable bonds is 8. The summed E-state index contributed by atoms with van der Waals surface area (Å²) >= 11 is 0. The van der Waals surface area contributed by atoms with Crippen LogP contribution in [0.5, 0.6) is 17.2 Å². The van der Waals surface area contributed by atoms with Crippen LogP contribution in [0.3, 0.4) is 0 Å². The highest BCUT2D eigenvalue weighted by Gasteiger charge is 2.48. The molecule has 1 aromatic heterocycles. The van der Waals surface area contributed by atoms with Crippen LogP contribution in [0.15, 0.2) is 71.3 Å². The van der Waals surface area contributed by atoms with Crippen molar-refractivity contribution in [1.29, 1.82) is 0 Å². The van der Waals surface area contributed by atoms with Gasteiger partial charge in [0, 0.05) is 11.6 Å². The summed E-state index contributed by atoms with van der Waals surface area (Å²) < 4.78 is 21.4. The van der Waals surface area contributed by atoms with Crippen molar-refractivity contribution in [3.8, 4) is 17.2 Å². The minimum Gasteiger partial charge on any atom is -0.507 e. The first-order valence-electron chi connectivity index (χ1n) is 10.7. The number of aliphatic hydroxyl groups is 1. The molecule has 180 valence electrons. The van der Waals surface area contributed by atoms with E-state index in [1.54, 1.807) is 61.5 Å². The number of carbonyl (C=O) groups is 2. The van der Waals surface area contributed by atoms with Crippen molar-refractivity contribution in [1.82, 2.24) is 5.16 Å². The second kappa shape index (κ2) is 9.76. The summed E-state index contributed by atoms with van der Waals surface area (Å²) in [4.78, 5) is 27.6. The maximum Gasteiger partial charge on any atom is 0.301 e. The predicted molar refractivity (Wildman–Crippen MR) is 128 cm³/mol. The Labute approximate surface area is 201 Å². The Morgan fingerprint density at radius 1 is 1.11 bits per heavy atom. The van der Waals surface area contributed by atoms with Crippen molar-refractivity contribution >= 4 is 23.3 Å². The molecule has 35 heavy (non-hydrogen) atoms. The van der Waals surface area contributed by atoms with Crippen LogP contribution in [-0.4, -0.2) is 42.8 Å². The second-order valence-corrected chi connectivity index (χ2v) is 7.70. The van der Waals surface area contributed by atoms with E-state index in [0.717, 1.165) is 0 Å². The van der Waals surface area contributed by atoms with Gasteiger partial charge in [-0.05, 0) is 48.9 Å². The molecule has 0 bridgehead atoms. The van der Waals surface area contributed by atoms with Crippen LogP contribution in [0.25, 0.3) is 5.76 Å². The van der Waals surface area contributed by atoms with Crippen molar-refractivity contribution in [2.75, 3.05) is 25.7 Å². The SMILES string of the molecule is C=CCOc1ccc(C(O)=C2C(=O)C(=O)N(c3cc(C)on3)[C@@H]2c2ccc(OC)c(OC)c2)cc1.